The van der Waals surface area contributed by atoms with E-state index in [-0.39, 0.29) is 16.9 Å². The van der Waals surface area contributed by atoms with Crippen molar-refractivity contribution < 1.29 is 17.9 Å². The molecule has 0 bridgehead atoms. The highest BCUT2D eigenvalue weighted by Crippen LogP contribution is 2.38. The van der Waals surface area contributed by atoms with Crippen molar-refractivity contribution in [2.24, 2.45) is 5.92 Å². The van der Waals surface area contributed by atoms with E-state index in [0.717, 1.165) is 86.7 Å². The third-order valence-electron chi connectivity index (χ3n) is 9.64. The molecule has 2 aromatic carbocycles. The lowest BCUT2D eigenvalue weighted by atomic mass is 9.89. The summed E-state index contributed by atoms with van der Waals surface area (Å²) in [6.45, 7) is 16.0. The number of amides is 1. The first-order chi connectivity index (χ1) is 23.9. The number of sulfone groups is 1. The number of piperidine rings is 1. The van der Waals surface area contributed by atoms with Gasteiger partial charge in [0.1, 0.15) is 11.6 Å². The molecule has 2 aliphatic rings. The third kappa shape index (κ3) is 7.88. The number of H-pyrrole nitrogens is 1. The van der Waals surface area contributed by atoms with E-state index >= 15 is 0 Å². The van der Waals surface area contributed by atoms with Crippen LogP contribution in [0, 0.1) is 19.8 Å². The molecule has 2 aromatic heterocycles. The number of likely N-dealkylation sites (tertiary alicyclic amines) is 2. The zero-order valence-corrected chi connectivity index (χ0v) is 30.9. The van der Waals surface area contributed by atoms with Gasteiger partial charge in [0.05, 0.1) is 33.0 Å². The molecule has 268 valence electrons. The van der Waals surface area contributed by atoms with Gasteiger partial charge in [-0.15, -0.1) is 0 Å². The molecule has 0 radical (unpaired) electrons. The lowest BCUT2D eigenvalue weighted by Gasteiger charge is -2.34. The molecule has 4 aromatic rings. The highest BCUT2D eigenvalue weighted by Gasteiger charge is 2.26. The van der Waals surface area contributed by atoms with Crippen molar-refractivity contribution in [3.63, 3.8) is 0 Å². The number of rotatable bonds is 13. The number of fused-ring (bicyclic) bond motifs is 1. The van der Waals surface area contributed by atoms with Crippen LogP contribution in [0.3, 0.4) is 0 Å². The summed E-state index contributed by atoms with van der Waals surface area (Å²) in [6.07, 6.45) is 4.69. The minimum Gasteiger partial charge on any atom is -0.489 e. The first kappa shape index (κ1) is 35.6. The summed E-state index contributed by atoms with van der Waals surface area (Å²) in [5, 5.41) is 14.2. The number of hydrogen-bond donors (Lipinski definition) is 3. The first-order valence-corrected chi connectivity index (χ1v) is 19.3. The number of aromatic amines is 1. The largest absolute Gasteiger partial charge is 0.489 e. The molecule has 0 atom stereocenters. The van der Waals surface area contributed by atoms with Crippen LogP contribution in [0.15, 0.2) is 41.3 Å². The SMILES string of the molecule is Cc1cc(CC2CCN(CCC(=O)N3CCC3)CC2)c(OC(C)C)c(Nc2nc(Nc3ccccc3S(=O)(=O)C(C)C)c3c(C)[nH]nc3n2)c1. The van der Waals surface area contributed by atoms with Crippen molar-refractivity contribution in [3.8, 4) is 5.75 Å². The lowest BCUT2D eigenvalue weighted by Crippen LogP contribution is -2.44. The number of hydrogen-bond acceptors (Lipinski definition) is 10. The van der Waals surface area contributed by atoms with Crippen molar-refractivity contribution >= 4 is 49.9 Å². The van der Waals surface area contributed by atoms with Crippen molar-refractivity contribution in [3.05, 3.63) is 53.2 Å². The van der Waals surface area contributed by atoms with Gasteiger partial charge in [-0.25, -0.2) is 8.42 Å². The van der Waals surface area contributed by atoms with Gasteiger partial charge in [-0.2, -0.15) is 15.1 Å². The zero-order chi connectivity index (χ0) is 35.6. The molecule has 2 saturated heterocycles. The normalized spacial score (nSPS) is 15.9. The number of benzene rings is 2. The molecule has 2 aliphatic heterocycles. The summed E-state index contributed by atoms with van der Waals surface area (Å²) in [7, 11) is -3.57. The van der Waals surface area contributed by atoms with Gasteiger partial charge in [0.25, 0.3) is 0 Å². The molecule has 0 aliphatic carbocycles. The monoisotopic (exact) mass is 702 g/mol. The van der Waals surface area contributed by atoms with Gasteiger partial charge in [0.15, 0.2) is 15.5 Å². The van der Waals surface area contributed by atoms with Crippen molar-refractivity contribution in [2.75, 3.05) is 43.4 Å². The Kier molecular flexibility index (Phi) is 10.6. The summed E-state index contributed by atoms with van der Waals surface area (Å²) in [5.74, 6) is 2.30. The molecule has 50 heavy (non-hydrogen) atoms. The lowest BCUT2D eigenvalue weighted by molar-refractivity contribution is -0.135. The summed E-state index contributed by atoms with van der Waals surface area (Å²) in [6, 6.07) is 11.1. The van der Waals surface area contributed by atoms with Crippen LogP contribution in [0.1, 0.15) is 70.2 Å². The molecule has 12 nitrogen and oxygen atoms in total. The minimum atomic E-state index is -3.57. The van der Waals surface area contributed by atoms with Gasteiger partial charge < -0.3 is 25.2 Å². The van der Waals surface area contributed by atoms with E-state index in [1.807, 2.05) is 31.7 Å². The van der Waals surface area contributed by atoms with Crippen LogP contribution in [0.4, 0.5) is 23.1 Å². The predicted molar refractivity (Wildman–Crippen MR) is 197 cm³/mol. The Labute approximate surface area is 295 Å². The van der Waals surface area contributed by atoms with Crippen LogP contribution in [0.25, 0.3) is 11.0 Å². The van der Waals surface area contributed by atoms with E-state index in [0.29, 0.717) is 40.8 Å². The third-order valence-corrected chi connectivity index (χ3v) is 11.8. The topological polar surface area (TPSA) is 145 Å². The summed E-state index contributed by atoms with van der Waals surface area (Å²) >= 11 is 0. The first-order valence-electron chi connectivity index (χ1n) is 17.8. The molecule has 0 spiro atoms. The van der Waals surface area contributed by atoms with Gasteiger partial charge in [-0.3, -0.25) is 9.89 Å². The second-order valence-corrected chi connectivity index (χ2v) is 16.7. The second-order valence-electron chi connectivity index (χ2n) is 14.2. The van der Waals surface area contributed by atoms with Gasteiger partial charge in [-0.1, -0.05) is 18.2 Å². The Hall–Kier alpha value is -4.23. The number of nitrogens with one attached hydrogen (secondary N) is 3. The highest BCUT2D eigenvalue weighted by atomic mass is 32.2. The maximum Gasteiger partial charge on any atom is 0.231 e. The molecular formula is C37H50N8O4S. The van der Waals surface area contributed by atoms with Crippen molar-refractivity contribution in [1.82, 2.24) is 30.0 Å². The van der Waals surface area contributed by atoms with Crippen LogP contribution >= 0.6 is 0 Å². The fourth-order valence-electron chi connectivity index (χ4n) is 6.70. The molecule has 3 N–H and O–H groups in total. The van der Waals surface area contributed by atoms with Gasteiger partial charge in [0.2, 0.25) is 11.9 Å². The molecule has 0 unspecified atom stereocenters. The Bertz CT molecular complexity index is 1950. The van der Waals surface area contributed by atoms with Gasteiger partial charge in [-0.05, 0) is 116 Å². The number of para-hydroxylation sites is 1. The second kappa shape index (κ2) is 14.9. The predicted octanol–water partition coefficient (Wildman–Crippen LogP) is 6.30. The van der Waals surface area contributed by atoms with E-state index in [9.17, 15) is 13.2 Å². The molecule has 2 fully saturated rings. The zero-order valence-electron chi connectivity index (χ0n) is 30.0. The molecule has 4 heterocycles. The summed E-state index contributed by atoms with van der Waals surface area (Å²) in [4.78, 5) is 26.6. The van der Waals surface area contributed by atoms with Crippen molar-refractivity contribution in [1.29, 1.82) is 0 Å². The Morgan fingerprint density at radius 3 is 2.42 bits per heavy atom. The fourth-order valence-corrected chi connectivity index (χ4v) is 7.91. The number of carbonyl (C=O) groups excluding carboxylic acids is 1. The molecule has 0 saturated carbocycles. The number of aromatic nitrogens is 4. The van der Waals surface area contributed by atoms with E-state index in [1.165, 1.54) is 0 Å². The fraction of sp³-hybridized carbons (Fsp3) is 0.514. The van der Waals surface area contributed by atoms with Gasteiger partial charge in [0, 0.05) is 31.7 Å². The number of aryl methyl sites for hydroxylation is 2. The quantitative estimate of drug-likeness (QED) is 0.145. The number of nitrogens with zero attached hydrogens (tertiary/aromatic N) is 5. The Morgan fingerprint density at radius 1 is 1.00 bits per heavy atom. The number of carbonyl (C=O) groups is 1. The van der Waals surface area contributed by atoms with Crippen LogP contribution in [0.5, 0.6) is 5.75 Å². The van der Waals surface area contributed by atoms with Crippen LogP contribution in [-0.4, -0.2) is 88.4 Å². The average molecular weight is 703 g/mol. The van der Waals surface area contributed by atoms with Crippen LogP contribution < -0.4 is 15.4 Å². The summed E-state index contributed by atoms with van der Waals surface area (Å²) in [5.41, 5.74) is 4.62. The Morgan fingerprint density at radius 2 is 1.74 bits per heavy atom. The van der Waals surface area contributed by atoms with Crippen molar-refractivity contribution in [2.45, 2.75) is 89.9 Å². The maximum atomic E-state index is 13.2. The summed E-state index contributed by atoms with van der Waals surface area (Å²) < 4.78 is 33.0. The molecule has 13 heteroatoms. The standard InChI is InChI=1S/C37H50N8O4S/c1-23(2)49-34-28(22-27-12-17-44(18-13-27)19-14-32(46)45-15-9-16-45)20-25(5)21-30(34)39-37-40-35(33-26(6)42-43-36(33)41-37)38-29-10-7-8-11-31(29)50(47,48)24(3)4/h7-8,10-11,20-21,23-24,27H,9,12-19,22H2,1-6H3,(H3,38,39,40,41,42,43). The van der Waals surface area contributed by atoms with E-state index in [1.54, 1.807) is 38.1 Å². The average Bonchev–Trinajstić information content (AvgIpc) is 3.42. The van der Waals surface area contributed by atoms with Crippen LogP contribution in [-0.2, 0) is 21.1 Å². The molecular weight excluding hydrogens is 653 g/mol. The minimum absolute atomic E-state index is 0.0585. The molecule has 1 amide bonds. The van der Waals surface area contributed by atoms with E-state index in [2.05, 4.69) is 38.7 Å². The molecule has 6 rings (SSSR count). The highest BCUT2D eigenvalue weighted by molar-refractivity contribution is 7.92. The van der Waals surface area contributed by atoms with E-state index < -0.39 is 15.1 Å². The Balaban J connectivity index is 1.25. The smallest absolute Gasteiger partial charge is 0.231 e. The maximum absolute atomic E-state index is 13.2. The van der Waals surface area contributed by atoms with Gasteiger partial charge >= 0.3 is 0 Å². The number of anilines is 4. The van der Waals surface area contributed by atoms with E-state index in [4.69, 9.17) is 14.7 Å². The van der Waals surface area contributed by atoms with Crippen LogP contribution in [0.2, 0.25) is 0 Å². The number of ether oxygens (including phenoxy) is 1.